The van der Waals surface area contributed by atoms with Crippen LogP contribution in [0.15, 0.2) is 29.7 Å². The van der Waals surface area contributed by atoms with Gasteiger partial charge in [0.1, 0.15) is 0 Å². The third-order valence-electron chi connectivity index (χ3n) is 3.28. The van der Waals surface area contributed by atoms with Gasteiger partial charge >= 0.3 is 17.6 Å². The zero-order chi connectivity index (χ0) is 17.8. The summed E-state index contributed by atoms with van der Waals surface area (Å²) in [4.78, 5) is 37.8. The molecule has 0 aliphatic carbocycles. The predicted molar refractivity (Wildman–Crippen MR) is 88.4 cm³/mol. The lowest BCUT2D eigenvalue weighted by molar-refractivity contribution is -0.144. The smallest absolute Gasteiger partial charge is 0.347 e. The molecule has 0 radical (unpaired) electrons. The highest BCUT2D eigenvalue weighted by molar-refractivity contribution is 5.81. The Labute approximate surface area is 141 Å². The molecule has 0 atom stereocenters. The zero-order valence-corrected chi connectivity index (χ0v) is 14.0. The maximum Gasteiger partial charge on any atom is 0.347 e. The topological polar surface area (TPSA) is 87.5 Å². The van der Waals surface area contributed by atoms with Crippen molar-refractivity contribution < 1.29 is 19.1 Å². The van der Waals surface area contributed by atoms with Crippen LogP contribution in [-0.2, 0) is 25.6 Å². The molecular formula is C17H24N2O5. The summed E-state index contributed by atoms with van der Waals surface area (Å²) in [6.07, 6.45) is 6.22. The lowest BCUT2D eigenvalue weighted by Crippen LogP contribution is -2.24. The number of unbranched alkanes of at least 4 members (excludes halogenated alkanes) is 3. The largest absolute Gasteiger partial charge is 0.466 e. The number of hydrogen-bond donors (Lipinski definition) is 0. The first-order valence-electron chi connectivity index (χ1n) is 8.02. The second-order valence-corrected chi connectivity index (χ2v) is 5.30. The molecule has 0 saturated carbocycles. The lowest BCUT2D eigenvalue weighted by atomic mass is 10.2. The molecule has 0 aliphatic heterocycles. The highest BCUT2D eigenvalue weighted by Crippen LogP contribution is 2.02. The lowest BCUT2D eigenvalue weighted by Gasteiger charge is -2.07. The summed E-state index contributed by atoms with van der Waals surface area (Å²) in [5, 5.41) is 0. The molecule has 1 aromatic rings. The molecule has 0 saturated heterocycles. The van der Waals surface area contributed by atoms with Crippen LogP contribution in [0.5, 0.6) is 0 Å². The van der Waals surface area contributed by atoms with Crippen LogP contribution >= 0.6 is 0 Å². The van der Waals surface area contributed by atoms with Crippen molar-refractivity contribution in [2.24, 2.45) is 0 Å². The van der Waals surface area contributed by atoms with Crippen molar-refractivity contribution >= 4 is 11.9 Å². The molecule has 1 aromatic heterocycles. The van der Waals surface area contributed by atoms with Crippen molar-refractivity contribution in [3.63, 3.8) is 0 Å². The minimum absolute atomic E-state index is 0.141. The van der Waals surface area contributed by atoms with E-state index < -0.39 is 5.97 Å². The fourth-order valence-electron chi connectivity index (χ4n) is 1.94. The summed E-state index contributed by atoms with van der Waals surface area (Å²) in [6.45, 7) is 6.05. The van der Waals surface area contributed by atoms with Gasteiger partial charge < -0.3 is 9.47 Å². The Kier molecular flexibility index (Phi) is 9.11. The van der Waals surface area contributed by atoms with Crippen LogP contribution in [0.4, 0.5) is 0 Å². The summed E-state index contributed by atoms with van der Waals surface area (Å²) < 4.78 is 11.4. The molecule has 0 fully saturated rings. The number of rotatable bonds is 11. The molecule has 0 spiro atoms. The van der Waals surface area contributed by atoms with Gasteiger partial charge in [0.25, 0.3) is 0 Å². The van der Waals surface area contributed by atoms with Crippen LogP contribution in [0.2, 0.25) is 0 Å². The fraction of sp³-hybridized carbons (Fsp3) is 0.529. The summed E-state index contributed by atoms with van der Waals surface area (Å²) >= 11 is 0. The summed E-state index contributed by atoms with van der Waals surface area (Å²) in [5.41, 5.74) is 0.290. The standard InChI is InChI=1S/C17H24N2O5/c1-3-15(20)23-12-6-4-5-7-13-24-16(21)9-11-19-10-8-14(2)18-17(19)22/h3,8,10H,1,4-7,9,11-13H2,2H3. The van der Waals surface area contributed by atoms with Crippen LogP contribution in [0.3, 0.4) is 0 Å². The minimum Gasteiger partial charge on any atom is -0.466 e. The van der Waals surface area contributed by atoms with E-state index in [1.165, 1.54) is 4.57 Å². The van der Waals surface area contributed by atoms with Crippen molar-refractivity contribution in [3.05, 3.63) is 41.1 Å². The highest BCUT2D eigenvalue weighted by Gasteiger charge is 2.05. The first-order chi connectivity index (χ1) is 11.5. The van der Waals surface area contributed by atoms with Gasteiger partial charge in [0.05, 0.1) is 19.6 Å². The Hall–Kier alpha value is -2.44. The summed E-state index contributed by atoms with van der Waals surface area (Å²) in [5.74, 6) is -0.741. The summed E-state index contributed by atoms with van der Waals surface area (Å²) in [6, 6.07) is 1.72. The average molecular weight is 336 g/mol. The van der Waals surface area contributed by atoms with Crippen molar-refractivity contribution in [1.29, 1.82) is 0 Å². The average Bonchev–Trinajstić information content (AvgIpc) is 2.56. The number of carbonyl (C=O) groups excluding carboxylic acids is 2. The van der Waals surface area contributed by atoms with E-state index in [9.17, 15) is 14.4 Å². The molecular weight excluding hydrogens is 312 g/mol. The van der Waals surface area contributed by atoms with Gasteiger partial charge in [-0.05, 0) is 38.7 Å². The van der Waals surface area contributed by atoms with Gasteiger partial charge in [0, 0.05) is 24.5 Å². The van der Waals surface area contributed by atoms with Crippen LogP contribution in [0.25, 0.3) is 0 Å². The zero-order valence-electron chi connectivity index (χ0n) is 14.0. The second kappa shape index (κ2) is 11.2. The fourth-order valence-corrected chi connectivity index (χ4v) is 1.94. The van der Waals surface area contributed by atoms with Gasteiger partial charge in [-0.25, -0.2) is 9.59 Å². The molecule has 1 heterocycles. The van der Waals surface area contributed by atoms with Crippen LogP contribution in [0, 0.1) is 6.92 Å². The normalized spacial score (nSPS) is 10.2. The number of ether oxygens (including phenoxy) is 2. The molecule has 0 aromatic carbocycles. The van der Waals surface area contributed by atoms with Gasteiger partial charge in [-0.3, -0.25) is 9.36 Å². The van der Waals surface area contributed by atoms with Crippen molar-refractivity contribution in [1.82, 2.24) is 9.55 Å². The number of esters is 2. The molecule has 7 heteroatoms. The molecule has 0 bridgehead atoms. The Morgan fingerprint density at radius 3 is 2.50 bits per heavy atom. The van der Waals surface area contributed by atoms with Gasteiger partial charge in [-0.2, -0.15) is 4.98 Å². The van der Waals surface area contributed by atoms with Gasteiger partial charge in [0.15, 0.2) is 0 Å². The number of nitrogens with zero attached hydrogens (tertiary/aromatic N) is 2. The molecule has 0 unspecified atom stereocenters. The third kappa shape index (κ3) is 8.26. The molecule has 24 heavy (non-hydrogen) atoms. The van der Waals surface area contributed by atoms with E-state index in [4.69, 9.17) is 9.47 Å². The monoisotopic (exact) mass is 336 g/mol. The van der Waals surface area contributed by atoms with E-state index in [2.05, 4.69) is 11.6 Å². The molecule has 7 nitrogen and oxygen atoms in total. The summed E-state index contributed by atoms with van der Waals surface area (Å²) in [7, 11) is 0. The maximum atomic E-state index is 11.6. The number of aromatic nitrogens is 2. The molecule has 0 amide bonds. The van der Waals surface area contributed by atoms with Crippen molar-refractivity contribution in [2.75, 3.05) is 13.2 Å². The van der Waals surface area contributed by atoms with Crippen molar-refractivity contribution in [2.45, 2.75) is 45.6 Å². The Bertz CT molecular complexity index is 609. The highest BCUT2D eigenvalue weighted by atomic mass is 16.5. The van der Waals surface area contributed by atoms with Crippen LogP contribution in [0.1, 0.15) is 37.8 Å². The maximum absolute atomic E-state index is 11.6. The molecule has 0 N–H and O–H groups in total. The molecule has 132 valence electrons. The number of aryl methyl sites for hydroxylation is 2. The SMILES string of the molecule is C=CC(=O)OCCCCCCOC(=O)CCn1ccc(C)nc1=O. The van der Waals surface area contributed by atoms with E-state index in [1.807, 2.05) is 0 Å². The first-order valence-corrected chi connectivity index (χ1v) is 8.02. The van der Waals surface area contributed by atoms with E-state index in [-0.39, 0.29) is 24.6 Å². The first kappa shape index (κ1) is 19.6. The number of carbonyl (C=O) groups is 2. The van der Waals surface area contributed by atoms with E-state index >= 15 is 0 Å². The Balaban J connectivity index is 2.05. The number of hydrogen-bond acceptors (Lipinski definition) is 6. The molecule has 1 rings (SSSR count). The predicted octanol–water partition coefficient (Wildman–Crippen LogP) is 1.77. The Morgan fingerprint density at radius 1 is 1.21 bits per heavy atom. The van der Waals surface area contributed by atoms with Crippen LogP contribution < -0.4 is 5.69 Å². The minimum atomic E-state index is -0.410. The van der Waals surface area contributed by atoms with E-state index in [0.717, 1.165) is 31.8 Å². The second-order valence-electron chi connectivity index (χ2n) is 5.30. The molecule has 0 aliphatic rings. The van der Waals surface area contributed by atoms with Gasteiger partial charge in [0.2, 0.25) is 0 Å². The van der Waals surface area contributed by atoms with Crippen LogP contribution in [-0.4, -0.2) is 34.7 Å². The third-order valence-corrected chi connectivity index (χ3v) is 3.28. The van der Waals surface area contributed by atoms with Crippen molar-refractivity contribution in [3.8, 4) is 0 Å². The Morgan fingerprint density at radius 2 is 1.88 bits per heavy atom. The van der Waals surface area contributed by atoms with E-state index in [0.29, 0.717) is 18.9 Å². The van der Waals surface area contributed by atoms with E-state index in [1.54, 1.807) is 19.2 Å². The quantitative estimate of drug-likeness (QED) is 0.348. The van der Waals surface area contributed by atoms with Gasteiger partial charge in [-0.1, -0.05) is 6.58 Å². The van der Waals surface area contributed by atoms with Gasteiger partial charge in [-0.15, -0.1) is 0 Å².